The van der Waals surface area contributed by atoms with Crippen LogP contribution >= 0.6 is 0 Å². The molecule has 3 nitrogen and oxygen atoms in total. The number of alkyl halides is 3. The number of hydrogen-bond donors (Lipinski definition) is 0. The average molecular weight is 436 g/mol. The van der Waals surface area contributed by atoms with Gasteiger partial charge in [0.1, 0.15) is 5.75 Å². The predicted octanol–water partition coefficient (Wildman–Crippen LogP) is 6.45. The third-order valence-corrected chi connectivity index (χ3v) is 5.34. The molecule has 0 aliphatic carbocycles. The standard InChI is InChI=1S/C23H26F3NO2.C2H6/c1-17-4-10-20(11-5-17)22(28)16-27-14-2-3-19(15-27)7-6-18-8-12-21(13-9-18)29-23(24,25)26;1-2/h4-5,8-13,19H,2-3,6-7,14-16H2,1H3;1-2H3. The lowest BCUT2D eigenvalue weighted by atomic mass is 9.91. The summed E-state index contributed by atoms with van der Waals surface area (Å²) in [6.45, 7) is 8.24. The zero-order chi connectivity index (χ0) is 22.9. The number of Topliss-reactive ketones (excluding diaryl/α,β-unsaturated/α-hetero) is 1. The van der Waals surface area contributed by atoms with E-state index >= 15 is 0 Å². The van der Waals surface area contributed by atoms with Crippen LogP contribution in [0.2, 0.25) is 0 Å². The average Bonchev–Trinajstić information content (AvgIpc) is 2.74. The molecule has 0 amide bonds. The fourth-order valence-corrected chi connectivity index (χ4v) is 3.79. The van der Waals surface area contributed by atoms with Crippen LogP contribution in [0, 0.1) is 12.8 Å². The first-order valence-electron chi connectivity index (χ1n) is 11.0. The monoisotopic (exact) mass is 435 g/mol. The van der Waals surface area contributed by atoms with E-state index in [1.165, 1.54) is 12.1 Å². The fourth-order valence-electron chi connectivity index (χ4n) is 3.79. The van der Waals surface area contributed by atoms with Crippen LogP contribution in [-0.2, 0) is 6.42 Å². The summed E-state index contributed by atoms with van der Waals surface area (Å²) in [6, 6.07) is 13.8. The molecule has 170 valence electrons. The first-order chi connectivity index (χ1) is 14.8. The van der Waals surface area contributed by atoms with Crippen LogP contribution in [0.15, 0.2) is 48.5 Å². The number of nitrogens with zero attached hydrogens (tertiary/aromatic N) is 1. The largest absolute Gasteiger partial charge is 0.573 e. The van der Waals surface area contributed by atoms with Gasteiger partial charge in [0.15, 0.2) is 5.78 Å². The van der Waals surface area contributed by atoms with E-state index < -0.39 is 6.36 Å². The number of ketones is 1. The molecular weight excluding hydrogens is 403 g/mol. The molecule has 0 aromatic heterocycles. The number of aryl methyl sites for hydroxylation is 2. The van der Waals surface area contributed by atoms with Crippen molar-refractivity contribution >= 4 is 5.78 Å². The zero-order valence-corrected chi connectivity index (χ0v) is 18.5. The van der Waals surface area contributed by atoms with Gasteiger partial charge >= 0.3 is 6.36 Å². The Hall–Kier alpha value is -2.34. The van der Waals surface area contributed by atoms with Crippen LogP contribution in [0.25, 0.3) is 0 Å². The topological polar surface area (TPSA) is 29.5 Å². The van der Waals surface area contributed by atoms with Crippen molar-refractivity contribution in [1.82, 2.24) is 4.90 Å². The summed E-state index contributed by atoms with van der Waals surface area (Å²) < 4.78 is 40.6. The fraction of sp³-hybridized carbons (Fsp3) is 0.480. The van der Waals surface area contributed by atoms with E-state index in [2.05, 4.69) is 9.64 Å². The third kappa shape index (κ3) is 8.74. The Kier molecular flexibility index (Phi) is 9.56. The molecule has 1 aliphatic heterocycles. The van der Waals surface area contributed by atoms with Crippen molar-refractivity contribution in [3.8, 4) is 5.75 Å². The Morgan fingerprint density at radius 1 is 1.06 bits per heavy atom. The van der Waals surface area contributed by atoms with Gasteiger partial charge in [0, 0.05) is 12.1 Å². The van der Waals surface area contributed by atoms with Gasteiger partial charge in [-0.1, -0.05) is 55.8 Å². The summed E-state index contributed by atoms with van der Waals surface area (Å²) in [6.07, 6.45) is -0.733. The summed E-state index contributed by atoms with van der Waals surface area (Å²) in [5, 5.41) is 0. The van der Waals surface area contributed by atoms with Crippen molar-refractivity contribution in [3.63, 3.8) is 0 Å². The minimum atomic E-state index is -4.66. The smallest absolute Gasteiger partial charge is 0.406 e. The summed E-state index contributed by atoms with van der Waals surface area (Å²) in [5.74, 6) is 0.436. The van der Waals surface area contributed by atoms with Crippen molar-refractivity contribution < 1.29 is 22.7 Å². The third-order valence-electron chi connectivity index (χ3n) is 5.34. The second kappa shape index (κ2) is 11.9. The van der Waals surface area contributed by atoms with Crippen molar-refractivity contribution in [2.24, 2.45) is 5.92 Å². The maximum Gasteiger partial charge on any atom is 0.573 e. The van der Waals surface area contributed by atoms with Crippen LogP contribution in [0.1, 0.15) is 54.6 Å². The molecule has 0 bridgehead atoms. The van der Waals surface area contributed by atoms with Gasteiger partial charge in [-0.05, 0) is 62.8 Å². The van der Waals surface area contributed by atoms with E-state index in [4.69, 9.17) is 0 Å². The van der Waals surface area contributed by atoms with Crippen molar-refractivity contribution in [2.45, 2.75) is 52.8 Å². The lowest BCUT2D eigenvalue weighted by Crippen LogP contribution is -2.39. The molecule has 1 aliphatic rings. The molecule has 2 aromatic carbocycles. The van der Waals surface area contributed by atoms with Crippen LogP contribution in [0.4, 0.5) is 13.2 Å². The number of benzene rings is 2. The first kappa shape index (κ1) is 24.9. The Labute approximate surface area is 183 Å². The molecular formula is C25H32F3NO2. The van der Waals surface area contributed by atoms with E-state index in [0.717, 1.165) is 55.5 Å². The number of ether oxygens (including phenoxy) is 1. The highest BCUT2D eigenvalue weighted by Gasteiger charge is 2.31. The number of carbonyl (C=O) groups is 1. The Morgan fingerprint density at radius 2 is 1.71 bits per heavy atom. The molecule has 0 radical (unpaired) electrons. The van der Waals surface area contributed by atoms with Crippen LogP contribution in [-0.4, -0.2) is 36.7 Å². The number of halogens is 3. The lowest BCUT2D eigenvalue weighted by Gasteiger charge is -2.32. The number of rotatable bonds is 7. The molecule has 0 spiro atoms. The number of piperidine rings is 1. The normalized spacial score (nSPS) is 16.9. The minimum absolute atomic E-state index is 0.144. The number of hydrogen-bond acceptors (Lipinski definition) is 3. The Bertz CT molecular complexity index is 801. The SMILES string of the molecule is CC.Cc1ccc(C(=O)CN2CCCC(CCc3ccc(OC(F)(F)F)cc3)C2)cc1. The van der Waals surface area contributed by atoms with Crippen LogP contribution in [0.3, 0.4) is 0 Å². The van der Waals surface area contributed by atoms with Crippen LogP contribution < -0.4 is 4.74 Å². The van der Waals surface area contributed by atoms with Crippen molar-refractivity contribution in [2.75, 3.05) is 19.6 Å². The molecule has 6 heteroatoms. The van der Waals surface area contributed by atoms with Gasteiger partial charge in [0.25, 0.3) is 0 Å². The molecule has 31 heavy (non-hydrogen) atoms. The van der Waals surface area contributed by atoms with E-state index in [0.29, 0.717) is 12.5 Å². The summed E-state index contributed by atoms with van der Waals surface area (Å²) in [7, 11) is 0. The van der Waals surface area contributed by atoms with Crippen molar-refractivity contribution in [1.29, 1.82) is 0 Å². The number of carbonyl (C=O) groups excluding carboxylic acids is 1. The van der Waals surface area contributed by atoms with Gasteiger partial charge in [-0.15, -0.1) is 13.2 Å². The van der Waals surface area contributed by atoms with Gasteiger partial charge in [0.05, 0.1) is 6.54 Å². The molecule has 3 rings (SSSR count). The minimum Gasteiger partial charge on any atom is -0.406 e. The second-order valence-corrected chi connectivity index (χ2v) is 7.76. The maximum atomic E-state index is 12.5. The molecule has 0 N–H and O–H groups in total. The summed E-state index contributed by atoms with van der Waals surface area (Å²) >= 11 is 0. The highest BCUT2D eigenvalue weighted by atomic mass is 19.4. The van der Waals surface area contributed by atoms with Gasteiger partial charge < -0.3 is 4.74 Å². The molecule has 1 fully saturated rings. The van der Waals surface area contributed by atoms with Crippen LogP contribution in [0.5, 0.6) is 5.75 Å². The number of likely N-dealkylation sites (tertiary alicyclic amines) is 1. The summed E-state index contributed by atoms with van der Waals surface area (Å²) in [5.41, 5.74) is 2.88. The van der Waals surface area contributed by atoms with E-state index in [9.17, 15) is 18.0 Å². The first-order valence-corrected chi connectivity index (χ1v) is 11.0. The summed E-state index contributed by atoms with van der Waals surface area (Å²) in [4.78, 5) is 14.7. The maximum absolute atomic E-state index is 12.5. The Morgan fingerprint density at radius 3 is 2.32 bits per heavy atom. The molecule has 1 atom stereocenters. The highest BCUT2D eigenvalue weighted by molar-refractivity contribution is 5.97. The molecule has 0 saturated carbocycles. The van der Waals surface area contributed by atoms with E-state index in [1.54, 1.807) is 12.1 Å². The molecule has 1 heterocycles. The second-order valence-electron chi connectivity index (χ2n) is 7.76. The van der Waals surface area contributed by atoms with E-state index in [1.807, 2.05) is 45.0 Å². The Balaban J connectivity index is 0.00000166. The zero-order valence-electron chi connectivity index (χ0n) is 18.5. The molecule has 2 aromatic rings. The predicted molar refractivity (Wildman–Crippen MR) is 117 cm³/mol. The molecule has 1 unspecified atom stereocenters. The molecule has 1 saturated heterocycles. The van der Waals surface area contributed by atoms with Crippen molar-refractivity contribution in [3.05, 3.63) is 65.2 Å². The van der Waals surface area contributed by atoms with Gasteiger partial charge in [-0.25, -0.2) is 0 Å². The van der Waals surface area contributed by atoms with Gasteiger partial charge in [-0.3, -0.25) is 9.69 Å². The quantitative estimate of drug-likeness (QED) is 0.468. The van der Waals surface area contributed by atoms with Gasteiger partial charge in [0.2, 0.25) is 0 Å². The van der Waals surface area contributed by atoms with Gasteiger partial charge in [-0.2, -0.15) is 0 Å². The lowest BCUT2D eigenvalue weighted by molar-refractivity contribution is -0.274. The van der Waals surface area contributed by atoms with E-state index in [-0.39, 0.29) is 11.5 Å². The highest BCUT2D eigenvalue weighted by Crippen LogP contribution is 2.25.